The standard InChI is InChI=1S/C22H30N2O4/c1-5-11-24(18-9-7-6-8-10-18)14-17-15-28-22(23-17)16-12-19(25-2)21(27-4)20(13-16)26-3/h5,12-13,15,18H,1,6-11,14H2,2-4H3. The Morgan fingerprint density at radius 2 is 1.79 bits per heavy atom. The van der Waals surface area contributed by atoms with Crippen molar-refractivity contribution in [3.05, 3.63) is 36.7 Å². The molecule has 152 valence electrons. The van der Waals surface area contributed by atoms with Crippen molar-refractivity contribution in [3.63, 3.8) is 0 Å². The number of aromatic nitrogens is 1. The van der Waals surface area contributed by atoms with Gasteiger partial charge in [0.15, 0.2) is 11.5 Å². The number of hydrogen-bond acceptors (Lipinski definition) is 6. The van der Waals surface area contributed by atoms with E-state index in [1.165, 1.54) is 32.1 Å². The molecule has 28 heavy (non-hydrogen) atoms. The molecule has 3 rings (SSSR count). The van der Waals surface area contributed by atoms with E-state index in [1.807, 2.05) is 18.2 Å². The molecular weight excluding hydrogens is 356 g/mol. The Labute approximate surface area is 167 Å². The fourth-order valence-corrected chi connectivity index (χ4v) is 3.88. The Balaban J connectivity index is 1.82. The van der Waals surface area contributed by atoms with Crippen LogP contribution in [0.15, 0.2) is 35.5 Å². The van der Waals surface area contributed by atoms with Gasteiger partial charge in [-0.1, -0.05) is 25.3 Å². The first kappa shape index (κ1) is 20.3. The zero-order valence-corrected chi connectivity index (χ0v) is 17.1. The molecule has 0 unspecified atom stereocenters. The molecular formula is C22H30N2O4. The molecule has 1 aliphatic rings. The molecule has 0 N–H and O–H groups in total. The number of nitrogens with zero attached hydrogens (tertiary/aromatic N) is 2. The molecule has 0 aliphatic heterocycles. The molecule has 1 saturated carbocycles. The van der Waals surface area contributed by atoms with Crippen molar-refractivity contribution in [2.75, 3.05) is 27.9 Å². The summed E-state index contributed by atoms with van der Waals surface area (Å²) in [5.74, 6) is 2.24. The van der Waals surface area contributed by atoms with Crippen LogP contribution in [0.1, 0.15) is 37.8 Å². The summed E-state index contributed by atoms with van der Waals surface area (Å²) in [4.78, 5) is 7.16. The smallest absolute Gasteiger partial charge is 0.226 e. The van der Waals surface area contributed by atoms with Crippen molar-refractivity contribution in [2.45, 2.75) is 44.7 Å². The van der Waals surface area contributed by atoms with Crippen LogP contribution in [0.5, 0.6) is 17.2 Å². The molecule has 0 bridgehead atoms. The second-order valence-corrected chi connectivity index (χ2v) is 7.07. The Hall–Kier alpha value is -2.47. The molecule has 6 nitrogen and oxygen atoms in total. The number of rotatable bonds is 9. The van der Waals surface area contributed by atoms with Crippen LogP contribution in [0.2, 0.25) is 0 Å². The number of ether oxygens (including phenoxy) is 3. The van der Waals surface area contributed by atoms with E-state index in [0.29, 0.717) is 29.2 Å². The van der Waals surface area contributed by atoms with Gasteiger partial charge in [0.2, 0.25) is 11.6 Å². The van der Waals surface area contributed by atoms with Crippen molar-refractivity contribution in [1.29, 1.82) is 0 Å². The van der Waals surface area contributed by atoms with Gasteiger partial charge in [0.25, 0.3) is 0 Å². The molecule has 0 amide bonds. The van der Waals surface area contributed by atoms with Gasteiger partial charge >= 0.3 is 0 Å². The molecule has 1 aliphatic carbocycles. The first-order chi connectivity index (χ1) is 13.7. The van der Waals surface area contributed by atoms with E-state index in [1.54, 1.807) is 27.6 Å². The van der Waals surface area contributed by atoms with Gasteiger partial charge in [0.1, 0.15) is 6.26 Å². The minimum atomic E-state index is 0.538. The van der Waals surface area contributed by atoms with Crippen LogP contribution in [0.25, 0.3) is 11.5 Å². The molecule has 1 heterocycles. The van der Waals surface area contributed by atoms with Crippen LogP contribution < -0.4 is 14.2 Å². The van der Waals surface area contributed by atoms with E-state index in [2.05, 4.69) is 11.5 Å². The molecule has 6 heteroatoms. The van der Waals surface area contributed by atoms with Gasteiger partial charge in [-0.05, 0) is 25.0 Å². The zero-order valence-electron chi connectivity index (χ0n) is 17.1. The first-order valence-corrected chi connectivity index (χ1v) is 9.79. The summed E-state index contributed by atoms with van der Waals surface area (Å²) in [6, 6.07) is 4.28. The molecule has 1 fully saturated rings. The number of benzene rings is 1. The maximum Gasteiger partial charge on any atom is 0.226 e. The van der Waals surface area contributed by atoms with Gasteiger partial charge in [-0.2, -0.15) is 0 Å². The Morgan fingerprint density at radius 1 is 1.11 bits per heavy atom. The van der Waals surface area contributed by atoms with Crippen LogP contribution in [0.4, 0.5) is 0 Å². The summed E-state index contributed by atoms with van der Waals surface area (Å²) in [5.41, 5.74) is 1.70. The van der Waals surface area contributed by atoms with Crippen LogP contribution in [0.3, 0.4) is 0 Å². The highest BCUT2D eigenvalue weighted by molar-refractivity contribution is 5.65. The second kappa shape index (κ2) is 9.64. The monoisotopic (exact) mass is 386 g/mol. The summed E-state index contributed by atoms with van der Waals surface area (Å²) in [5, 5.41) is 0. The van der Waals surface area contributed by atoms with Gasteiger partial charge < -0.3 is 18.6 Å². The number of oxazole rings is 1. The third-order valence-corrected chi connectivity index (χ3v) is 5.28. The molecule has 2 aromatic rings. The highest BCUT2D eigenvalue weighted by Crippen LogP contribution is 2.41. The summed E-state index contributed by atoms with van der Waals surface area (Å²) in [6.07, 6.45) is 10.1. The molecule has 1 aromatic carbocycles. The van der Waals surface area contributed by atoms with E-state index in [4.69, 9.17) is 23.6 Å². The fraction of sp³-hybridized carbons (Fsp3) is 0.500. The average molecular weight is 386 g/mol. The Bertz CT molecular complexity index is 756. The third kappa shape index (κ3) is 4.50. The van der Waals surface area contributed by atoms with Crippen molar-refractivity contribution < 1.29 is 18.6 Å². The average Bonchev–Trinajstić information content (AvgIpc) is 3.21. The Kier molecular flexibility index (Phi) is 6.98. The van der Waals surface area contributed by atoms with E-state index in [-0.39, 0.29) is 0 Å². The quantitative estimate of drug-likeness (QED) is 0.583. The van der Waals surface area contributed by atoms with E-state index in [0.717, 1.165) is 24.3 Å². The summed E-state index contributed by atoms with van der Waals surface area (Å²) >= 11 is 0. The molecule has 0 spiro atoms. The first-order valence-electron chi connectivity index (χ1n) is 9.79. The van der Waals surface area contributed by atoms with Gasteiger partial charge in [-0.3, -0.25) is 4.90 Å². The van der Waals surface area contributed by atoms with Gasteiger partial charge in [-0.15, -0.1) is 6.58 Å². The molecule has 1 aromatic heterocycles. The highest BCUT2D eigenvalue weighted by Gasteiger charge is 2.22. The SMILES string of the molecule is C=CCN(Cc1coc(-c2cc(OC)c(OC)c(OC)c2)n1)C1CCCCC1. The lowest BCUT2D eigenvalue weighted by molar-refractivity contribution is 0.163. The lowest BCUT2D eigenvalue weighted by Gasteiger charge is -2.33. The highest BCUT2D eigenvalue weighted by atomic mass is 16.5. The topological polar surface area (TPSA) is 57.0 Å². The maximum absolute atomic E-state index is 5.77. The van der Waals surface area contributed by atoms with Crippen molar-refractivity contribution >= 4 is 0 Å². The van der Waals surface area contributed by atoms with Crippen molar-refractivity contribution in [2.24, 2.45) is 0 Å². The summed E-state index contributed by atoms with van der Waals surface area (Å²) in [7, 11) is 4.78. The minimum Gasteiger partial charge on any atom is -0.493 e. The van der Waals surface area contributed by atoms with Crippen LogP contribution in [-0.4, -0.2) is 43.8 Å². The maximum atomic E-state index is 5.77. The zero-order chi connectivity index (χ0) is 19.9. The lowest BCUT2D eigenvalue weighted by Crippen LogP contribution is -2.36. The van der Waals surface area contributed by atoms with Crippen LogP contribution >= 0.6 is 0 Å². The van der Waals surface area contributed by atoms with Gasteiger partial charge in [0.05, 0.1) is 27.0 Å². The normalized spacial score (nSPS) is 14.9. The number of methoxy groups -OCH3 is 3. The third-order valence-electron chi connectivity index (χ3n) is 5.28. The fourth-order valence-electron chi connectivity index (χ4n) is 3.88. The summed E-state index contributed by atoms with van der Waals surface area (Å²) in [6.45, 7) is 5.53. The molecule has 0 saturated heterocycles. The number of hydrogen-bond donors (Lipinski definition) is 0. The Morgan fingerprint density at radius 3 is 2.36 bits per heavy atom. The van der Waals surface area contributed by atoms with E-state index in [9.17, 15) is 0 Å². The molecule has 0 atom stereocenters. The van der Waals surface area contributed by atoms with Crippen LogP contribution in [0, 0.1) is 0 Å². The minimum absolute atomic E-state index is 0.538. The van der Waals surface area contributed by atoms with E-state index < -0.39 is 0 Å². The van der Waals surface area contributed by atoms with E-state index >= 15 is 0 Å². The van der Waals surface area contributed by atoms with Crippen molar-refractivity contribution in [3.8, 4) is 28.7 Å². The lowest BCUT2D eigenvalue weighted by atomic mass is 9.94. The molecule has 0 radical (unpaired) electrons. The van der Waals surface area contributed by atoms with Gasteiger partial charge in [-0.25, -0.2) is 4.98 Å². The largest absolute Gasteiger partial charge is 0.493 e. The van der Waals surface area contributed by atoms with Crippen LogP contribution in [-0.2, 0) is 6.54 Å². The predicted octanol–water partition coefficient (Wildman–Crippen LogP) is 4.69. The predicted molar refractivity (Wildman–Crippen MR) is 109 cm³/mol. The van der Waals surface area contributed by atoms with Gasteiger partial charge in [0, 0.05) is 24.7 Å². The second-order valence-electron chi connectivity index (χ2n) is 7.07. The van der Waals surface area contributed by atoms with Crippen molar-refractivity contribution in [1.82, 2.24) is 9.88 Å². The summed E-state index contributed by atoms with van der Waals surface area (Å²) < 4.78 is 22.0.